The van der Waals surface area contributed by atoms with Gasteiger partial charge in [-0.25, -0.2) is 28.1 Å². The second-order valence-electron chi connectivity index (χ2n) is 5.22. The smallest absolute Gasteiger partial charge is 0.147 e. The van der Waals surface area contributed by atoms with Crippen LogP contribution in [0.25, 0.3) is 0 Å². The number of halogens is 2. The molecule has 3 rings (SSSR count). The van der Waals surface area contributed by atoms with Crippen molar-refractivity contribution in [2.45, 2.75) is 32.4 Å². The molecule has 9 heteroatoms. The molecule has 7 nitrogen and oxygen atoms in total. The Kier molecular flexibility index (Phi) is 3.38. The summed E-state index contributed by atoms with van der Waals surface area (Å²) >= 11 is 0. The SMILES string of the molecule is [2H]C([2H])(n1cncn1)C(OC)(c1ccc(F)c(C)c1F)C([2H])([2H])n1cnc(C)n1. The lowest BCUT2D eigenvalue weighted by atomic mass is 9.91. The van der Waals surface area contributed by atoms with Crippen molar-refractivity contribution in [3.8, 4) is 0 Å². The van der Waals surface area contributed by atoms with Crippen molar-refractivity contribution in [1.82, 2.24) is 29.5 Å². The number of rotatable bonds is 6. The minimum atomic E-state index is -2.84. The summed E-state index contributed by atoms with van der Waals surface area (Å²) in [7, 11) is 1.02. The molecule has 0 spiro atoms. The number of benzene rings is 1. The van der Waals surface area contributed by atoms with Gasteiger partial charge in [-0.15, -0.1) is 0 Å². The fraction of sp³-hybridized carbons (Fsp3) is 0.375. The molecule has 25 heavy (non-hydrogen) atoms. The minimum absolute atomic E-state index is 0.205. The maximum atomic E-state index is 15.2. The number of aryl methyl sites for hydroxylation is 1. The van der Waals surface area contributed by atoms with Crippen LogP contribution in [0.4, 0.5) is 8.78 Å². The Bertz CT molecular complexity index is 1030. The molecule has 0 radical (unpaired) electrons. The number of nitrogens with zero attached hydrogens (tertiary/aromatic N) is 6. The molecule has 0 saturated carbocycles. The lowest BCUT2D eigenvalue weighted by Crippen LogP contribution is -2.40. The van der Waals surface area contributed by atoms with E-state index in [1.54, 1.807) is 0 Å². The van der Waals surface area contributed by atoms with E-state index in [1.807, 2.05) is 0 Å². The highest BCUT2D eigenvalue weighted by molar-refractivity contribution is 5.31. The average molecular weight is 352 g/mol. The van der Waals surface area contributed by atoms with Gasteiger partial charge in [0.05, 0.1) is 18.5 Å². The molecular formula is C16H18F2N6O. The summed E-state index contributed by atoms with van der Waals surface area (Å²) in [5, 5.41) is 7.68. The lowest BCUT2D eigenvalue weighted by molar-refractivity contribution is -0.0512. The fourth-order valence-electron chi connectivity index (χ4n) is 2.27. The first-order valence-corrected chi connectivity index (χ1v) is 7.24. The van der Waals surface area contributed by atoms with Gasteiger partial charge in [0.2, 0.25) is 0 Å². The van der Waals surface area contributed by atoms with Crippen LogP contribution in [0, 0.1) is 25.5 Å². The van der Waals surface area contributed by atoms with Gasteiger partial charge in [-0.3, -0.25) is 0 Å². The second-order valence-corrected chi connectivity index (χ2v) is 5.22. The molecule has 2 heterocycles. The van der Waals surface area contributed by atoms with E-state index in [-0.39, 0.29) is 5.82 Å². The summed E-state index contributed by atoms with van der Waals surface area (Å²) in [5.74, 6) is -1.82. The van der Waals surface area contributed by atoms with E-state index >= 15 is 4.39 Å². The van der Waals surface area contributed by atoms with Gasteiger partial charge in [-0.1, -0.05) is 6.07 Å². The van der Waals surface area contributed by atoms with Crippen LogP contribution in [-0.4, -0.2) is 36.6 Å². The molecule has 0 N–H and O–H groups in total. The molecule has 0 saturated heterocycles. The van der Waals surface area contributed by atoms with Crippen LogP contribution in [0.2, 0.25) is 0 Å². The minimum Gasteiger partial charge on any atom is -0.370 e. The normalized spacial score (nSPS) is 17.3. The van der Waals surface area contributed by atoms with E-state index in [1.165, 1.54) is 6.92 Å². The molecule has 1 atom stereocenters. The van der Waals surface area contributed by atoms with Crippen molar-refractivity contribution in [1.29, 1.82) is 0 Å². The maximum Gasteiger partial charge on any atom is 0.147 e. The largest absolute Gasteiger partial charge is 0.370 e. The van der Waals surface area contributed by atoms with E-state index in [9.17, 15) is 4.39 Å². The van der Waals surface area contributed by atoms with Gasteiger partial charge >= 0.3 is 0 Å². The quantitative estimate of drug-likeness (QED) is 0.679. The van der Waals surface area contributed by atoms with Gasteiger partial charge in [0.1, 0.15) is 42.0 Å². The fourth-order valence-corrected chi connectivity index (χ4v) is 2.27. The van der Waals surface area contributed by atoms with Gasteiger partial charge in [-0.2, -0.15) is 10.2 Å². The van der Waals surface area contributed by atoms with Crippen LogP contribution in [0.1, 0.15) is 22.4 Å². The van der Waals surface area contributed by atoms with E-state index in [0.717, 1.165) is 49.8 Å². The summed E-state index contributed by atoms with van der Waals surface area (Å²) in [5.41, 5.74) is -3.68. The molecule has 0 amide bonds. The van der Waals surface area contributed by atoms with Gasteiger partial charge in [-0.05, 0) is 19.9 Å². The summed E-state index contributed by atoms with van der Waals surface area (Å²) in [4.78, 5) is 7.56. The van der Waals surface area contributed by atoms with Crippen LogP contribution in [0.15, 0.2) is 31.1 Å². The van der Waals surface area contributed by atoms with Crippen LogP contribution < -0.4 is 0 Å². The van der Waals surface area contributed by atoms with Crippen molar-refractivity contribution in [3.05, 3.63) is 59.7 Å². The summed E-state index contributed by atoms with van der Waals surface area (Å²) in [6.07, 6.45) is 3.08. The zero-order chi connectivity index (χ0) is 21.6. The third-order valence-corrected chi connectivity index (χ3v) is 3.57. The summed E-state index contributed by atoms with van der Waals surface area (Å²) < 4.78 is 70.9. The van der Waals surface area contributed by atoms with Gasteiger partial charge in [0.15, 0.2) is 0 Å². The zero-order valence-corrected chi connectivity index (χ0v) is 13.7. The number of ether oxygens (including phenoxy) is 1. The van der Waals surface area contributed by atoms with Crippen molar-refractivity contribution in [3.63, 3.8) is 0 Å². The van der Waals surface area contributed by atoms with E-state index in [2.05, 4.69) is 20.2 Å². The van der Waals surface area contributed by atoms with Crippen LogP contribution in [0.5, 0.6) is 0 Å². The van der Waals surface area contributed by atoms with Crippen molar-refractivity contribution < 1.29 is 19.0 Å². The molecule has 2 aromatic heterocycles. The third kappa shape index (κ3) is 3.27. The standard InChI is InChI=1S/C16H18F2N6O/c1-11-14(17)5-4-13(15(11)18)16(25-3,6-23-9-19-8-21-23)7-24-10-20-12(2)22-24/h4-5,8-10H,6-7H2,1-3H3/i6D2,7D2. The molecule has 1 aromatic carbocycles. The Morgan fingerprint density at radius 1 is 1.20 bits per heavy atom. The topological polar surface area (TPSA) is 70.7 Å². The predicted octanol–water partition coefficient (Wildman–Crippen LogP) is 2.01. The Morgan fingerprint density at radius 3 is 2.56 bits per heavy atom. The summed E-state index contributed by atoms with van der Waals surface area (Å²) in [6.45, 7) is -3.01. The Balaban J connectivity index is 2.42. The molecular weight excluding hydrogens is 330 g/mol. The molecule has 0 aliphatic carbocycles. The number of hydrogen-bond donors (Lipinski definition) is 0. The third-order valence-electron chi connectivity index (χ3n) is 3.57. The molecule has 1 unspecified atom stereocenters. The predicted molar refractivity (Wildman–Crippen MR) is 84.6 cm³/mol. The van der Waals surface area contributed by atoms with Crippen molar-refractivity contribution >= 4 is 0 Å². The van der Waals surface area contributed by atoms with Gasteiger partial charge < -0.3 is 4.74 Å². The Labute approximate surface area is 148 Å². The highest BCUT2D eigenvalue weighted by atomic mass is 19.1. The highest BCUT2D eigenvalue weighted by Gasteiger charge is 2.38. The average Bonchev–Trinajstić information content (AvgIpc) is 3.34. The van der Waals surface area contributed by atoms with Crippen LogP contribution in [0.3, 0.4) is 0 Å². The number of aromatic nitrogens is 6. The van der Waals surface area contributed by atoms with E-state index in [0.29, 0.717) is 4.68 Å². The molecule has 132 valence electrons. The lowest BCUT2D eigenvalue weighted by Gasteiger charge is -2.33. The van der Waals surface area contributed by atoms with Gasteiger partial charge in [0.25, 0.3) is 0 Å². The van der Waals surface area contributed by atoms with Crippen LogP contribution in [-0.2, 0) is 23.3 Å². The Hall–Kier alpha value is -2.68. The van der Waals surface area contributed by atoms with Crippen LogP contribution >= 0.6 is 0 Å². The Morgan fingerprint density at radius 2 is 1.96 bits per heavy atom. The summed E-state index contributed by atoms with van der Waals surface area (Å²) in [6, 6.07) is 1.86. The monoisotopic (exact) mass is 352 g/mol. The molecule has 0 aliphatic rings. The molecule has 0 bridgehead atoms. The number of hydrogen-bond acceptors (Lipinski definition) is 5. The first-order valence-electron chi connectivity index (χ1n) is 9.24. The van der Waals surface area contributed by atoms with Gasteiger partial charge in [0, 0.05) is 18.2 Å². The second kappa shape index (κ2) is 6.67. The molecule has 0 fully saturated rings. The highest BCUT2D eigenvalue weighted by Crippen LogP contribution is 2.33. The maximum absolute atomic E-state index is 15.2. The first-order chi connectivity index (χ1) is 13.5. The van der Waals surface area contributed by atoms with Crippen molar-refractivity contribution in [2.75, 3.05) is 7.11 Å². The van der Waals surface area contributed by atoms with E-state index in [4.69, 9.17) is 10.2 Å². The molecule has 0 aliphatic heterocycles. The van der Waals surface area contributed by atoms with Crippen molar-refractivity contribution in [2.24, 2.45) is 0 Å². The first kappa shape index (κ1) is 12.6. The van der Waals surface area contributed by atoms with E-state index < -0.39 is 41.4 Å². The number of methoxy groups -OCH3 is 1. The zero-order valence-electron chi connectivity index (χ0n) is 17.7. The molecule has 3 aromatic rings.